The minimum absolute atomic E-state index is 0.0833. The number of allylic oxidation sites excluding steroid dienone is 1. The van der Waals surface area contributed by atoms with Crippen molar-refractivity contribution in [3.05, 3.63) is 35.9 Å². The number of nitrogens with two attached hydrogens (primary N) is 1. The summed E-state index contributed by atoms with van der Waals surface area (Å²) in [6.45, 7) is 0. The molecular weight excluding hydrogens is 212 g/mol. The molecular formula is C10H10N2O2S. The lowest BCUT2D eigenvalue weighted by atomic mass is 10.2. The van der Waals surface area contributed by atoms with E-state index in [2.05, 4.69) is 0 Å². The maximum absolute atomic E-state index is 10.9. The molecule has 0 heterocycles. The van der Waals surface area contributed by atoms with Gasteiger partial charge in [-0.15, -0.1) is 0 Å². The van der Waals surface area contributed by atoms with E-state index in [-0.39, 0.29) is 4.90 Å². The first kappa shape index (κ1) is 11.4. The van der Waals surface area contributed by atoms with Gasteiger partial charge in [0.15, 0.2) is 0 Å². The van der Waals surface area contributed by atoms with E-state index in [0.29, 0.717) is 6.42 Å². The number of hydrogen-bond acceptors (Lipinski definition) is 3. The van der Waals surface area contributed by atoms with Crippen LogP contribution in [0.4, 0.5) is 0 Å². The molecule has 2 N–H and O–H groups in total. The van der Waals surface area contributed by atoms with Crippen LogP contribution < -0.4 is 5.14 Å². The Balaban J connectivity index is 2.87. The van der Waals surface area contributed by atoms with Gasteiger partial charge in [-0.2, -0.15) is 5.26 Å². The molecule has 0 radical (unpaired) electrons. The normalized spacial score (nSPS) is 11.5. The molecule has 0 unspecified atom stereocenters. The second-order valence-electron chi connectivity index (χ2n) is 2.88. The van der Waals surface area contributed by atoms with Gasteiger partial charge in [-0.05, 0) is 17.7 Å². The highest BCUT2D eigenvalue weighted by atomic mass is 32.2. The Bertz CT molecular complexity index is 495. The first-order chi connectivity index (χ1) is 7.04. The molecule has 0 aliphatic rings. The van der Waals surface area contributed by atoms with E-state index in [1.165, 1.54) is 12.1 Å². The molecule has 78 valence electrons. The topological polar surface area (TPSA) is 83.9 Å². The van der Waals surface area contributed by atoms with E-state index < -0.39 is 10.0 Å². The summed E-state index contributed by atoms with van der Waals surface area (Å²) in [6, 6.07) is 8.10. The fourth-order valence-electron chi connectivity index (χ4n) is 1.02. The van der Waals surface area contributed by atoms with Crippen LogP contribution in [0.3, 0.4) is 0 Å². The smallest absolute Gasteiger partial charge is 0.225 e. The molecule has 1 rings (SSSR count). The fraction of sp³-hybridized carbons (Fsp3) is 0.100. The lowest BCUT2D eigenvalue weighted by Crippen LogP contribution is -2.11. The van der Waals surface area contributed by atoms with Crippen molar-refractivity contribution in [3.63, 3.8) is 0 Å². The Morgan fingerprint density at radius 1 is 1.33 bits per heavy atom. The largest absolute Gasteiger partial charge is 0.238 e. The number of primary sulfonamides is 1. The lowest BCUT2D eigenvalue weighted by molar-refractivity contribution is 0.598. The van der Waals surface area contributed by atoms with Crippen molar-refractivity contribution in [2.75, 3.05) is 0 Å². The maximum Gasteiger partial charge on any atom is 0.238 e. The van der Waals surface area contributed by atoms with Crippen molar-refractivity contribution in [1.82, 2.24) is 0 Å². The average Bonchev–Trinajstić information content (AvgIpc) is 2.18. The molecule has 0 fully saturated rings. The molecule has 0 saturated carbocycles. The van der Waals surface area contributed by atoms with E-state index in [9.17, 15) is 8.42 Å². The van der Waals surface area contributed by atoms with Crippen LogP contribution in [0.1, 0.15) is 12.0 Å². The van der Waals surface area contributed by atoms with Crippen LogP contribution in [0.5, 0.6) is 0 Å². The Labute approximate surface area is 88.7 Å². The average molecular weight is 222 g/mol. The Kier molecular flexibility index (Phi) is 3.61. The number of nitriles is 1. The SMILES string of the molecule is N#CCC=Cc1ccc(S(N)(=O)=O)cc1. The molecule has 1 aromatic rings. The third kappa shape index (κ3) is 3.54. The predicted molar refractivity (Wildman–Crippen MR) is 57.1 cm³/mol. The van der Waals surface area contributed by atoms with Crippen molar-refractivity contribution in [3.8, 4) is 6.07 Å². The van der Waals surface area contributed by atoms with Crippen LogP contribution >= 0.6 is 0 Å². The quantitative estimate of drug-likeness (QED) is 0.835. The van der Waals surface area contributed by atoms with Gasteiger partial charge in [0.05, 0.1) is 17.4 Å². The number of rotatable bonds is 3. The van der Waals surface area contributed by atoms with E-state index in [4.69, 9.17) is 10.4 Å². The highest BCUT2D eigenvalue weighted by Crippen LogP contribution is 2.09. The second-order valence-corrected chi connectivity index (χ2v) is 4.44. The molecule has 0 saturated heterocycles. The monoisotopic (exact) mass is 222 g/mol. The molecule has 1 aromatic carbocycles. The zero-order valence-electron chi connectivity index (χ0n) is 7.92. The summed E-state index contributed by atoms with van der Waals surface area (Å²) in [7, 11) is -3.62. The predicted octanol–water partition coefficient (Wildman–Crippen LogP) is 1.26. The van der Waals surface area contributed by atoms with Crippen molar-refractivity contribution < 1.29 is 8.42 Å². The number of hydrogen-bond donors (Lipinski definition) is 1. The standard InChI is InChI=1S/C10H10N2O2S/c11-8-2-1-3-9-4-6-10(7-5-9)15(12,13)14/h1,3-7H,2H2,(H2,12,13,14). The molecule has 5 heteroatoms. The van der Waals surface area contributed by atoms with Crippen LogP contribution in [0.25, 0.3) is 6.08 Å². The van der Waals surface area contributed by atoms with Crippen LogP contribution in [-0.4, -0.2) is 8.42 Å². The van der Waals surface area contributed by atoms with Gasteiger partial charge in [-0.3, -0.25) is 0 Å². The fourth-order valence-corrected chi connectivity index (χ4v) is 1.53. The van der Waals surface area contributed by atoms with Gasteiger partial charge in [0.25, 0.3) is 0 Å². The van der Waals surface area contributed by atoms with Crippen molar-refractivity contribution in [1.29, 1.82) is 5.26 Å². The van der Waals surface area contributed by atoms with Crippen LogP contribution in [0.15, 0.2) is 35.2 Å². The molecule has 0 spiro atoms. The van der Waals surface area contributed by atoms with Gasteiger partial charge in [-0.1, -0.05) is 24.3 Å². The van der Waals surface area contributed by atoms with E-state index in [1.54, 1.807) is 24.3 Å². The number of benzene rings is 1. The van der Waals surface area contributed by atoms with Gasteiger partial charge < -0.3 is 0 Å². The molecule has 0 amide bonds. The van der Waals surface area contributed by atoms with E-state index >= 15 is 0 Å². The summed E-state index contributed by atoms with van der Waals surface area (Å²) >= 11 is 0. The second kappa shape index (κ2) is 4.73. The summed E-state index contributed by atoms with van der Waals surface area (Å²) in [5, 5.41) is 13.2. The van der Waals surface area contributed by atoms with Gasteiger partial charge in [0.2, 0.25) is 10.0 Å². The summed E-state index contributed by atoms with van der Waals surface area (Å²) < 4.78 is 21.8. The Morgan fingerprint density at radius 2 is 1.93 bits per heavy atom. The van der Waals surface area contributed by atoms with Crippen molar-refractivity contribution in [2.24, 2.45) is 5.14 Å². The van der Waals surface area contributed by atoms with Crippen LogP contribution in [0.2, 0.25) is 0 Å². The van der Waals surface area contributed by atoms with Crippen LogP contribution in [0, 0.1) is 11.3 Å². The molecule has 0 atom stereocenters. The highest BCUT2D eigenvalue weighted by Gasteiger charge is 2.05. The number of nitrogens with zero attached hydrogens (tertiary/aromatic N) is 1. The Morgan fingerprint density at radius 3 is 2.40 bits per heavy atom. The highest BCUT2D eigenvalue weighted by molar-refractivity contribution is 7.89. The van der Waals surface area contributed by atoms with Crippen molar-refractivity contribution in [2.45, 2.75) is 11.3 Å². The molecule has 0 aromatic heterocycles. The van der Waals surface area contributed by atoms with Crippen molar-refractivity contribution >= 4 is 16.1 Å². The third-order valence-corrected chi connectivity index (χ3v) is 2.66. The molecule has 0 aliphatic heterocycles. The minimum Gasteiger partial charge on any atom is -0.225 e. The zero-order chi connectivity index (χ0) is 11.3. The first-order valence-corrected chi connectivity index (χ1v) is 5.75. The Hall–Kier alpha value is -1.64. The van der Waals surface area contributed by atoms with Gasteiger partial charge in [0.1, 0.15) is 0 Å². The van der Waals surface area contributed by atoms with Gasteiger partial charge >= 0.3 is 0 Å². The van der Waals surface area contributed by atoms with Gasteiger partial charge in [-0.25, -0.2) is 13.6 Å². The number of sulfonamides is 1. The molecule has 0 bridgehead atoms. The maximum atomic E-state index is 10.9. The summed E-state index contributed by atoms with van der Waals surface area (Å²) in [5.41, 5.74) is 0.831. The summed E-state index contributed by atoms with van der Waals surface area (Å²) in [4.78, 5) is 0.0833. The van der Waals surface area contributed by atoms with E-state index in [1.807, 2.05) is 6.07 Å². The first-order valence-electron chi connectivity index (χ1n) is 4.20. The zero-order valence-corrected chi connectivity index (χ0v) is 8.74. The lowest BCUT2D eigenvalue weighted by Gasteiger charge is -1.97. The third-order valence-electron chi connectivity index (χ3n) is 1.73. The molecule has 15 heavy (non-hydrogen) atoms. The molecule has 0 aliphatic carbocycles. The van der Waals surface area contributed by atoms with Crippen LogP contribution in [-0.2, 0) is 10.0 Å². The van der Waals surface area contributed by atoms with E-state index in [0.717, 1.165) is 5.56 Å². The van der Waals surface area contributed by atoms with Gasteiger partial charge in [0, 0.05) is 0 Å². The summed E-state index contributed by atoms with van der Waals surface area (Å²) in [6.07, 6.45) is 3.78. The summed E-state index contributed by atoms with van der Waals surface area (Å²) in [5.74, 6) is 0. The molecule has 4 nitrogen and oxygen atoms in total. The minimum atomic E-state index is -3.62.